The second-order valence-electron chi connectivity index (χ2n) is 3.50. The van der Waals surface area contributed by atoms with Crippen molar-refractivity contribution in [3.63, 3.8) is 0 Å². The Bertz CT molecular complexity index is 385. The molecule has 1 atom stereocenters. The Kier molecular flexibility index (Phi) is 5.62. The average Bonchev–Trinajstić information content (AvgIpc) is 2.29. The molecule has 1 aromatic carbocycles. The first-order valence-electron chi connectivity index (χ1n) is 5.24. The maximum atomic E-state index is 8.47. The van der Waals surface area contributed by atoms with Crippen molar-refractivity contribution in [1.82, 2.24) is 5.32 Å². The molecule has 1 unspecified atom stereocenters. The van der Waals surface area contributed by atoms with Crippen molar-refractivity contribution in [2.24, 2.45) is 0 Å². The quantitative estimate of drug-likeness (QED) is 0.811. The lowest BCUT2D eigenvalue weighted by Gasteiger charge is -2.17. The number of nitrogens with zero attached hydrogens (tertiary/aromatic N) is 1. The minimum Gasteiger partial charge on any atom is -0.309 e. The molecule has 1 N–H and O–H groups in total. The summed E-state index contributed by atoms with van der Waals surface area (Å²) in [5.41, 5.74) is 1.11. The Morgan fingerprint density at radius 1 is 1.38 bits per heavy atom. The zero-order valence-corrected chi connectivity index (χ0v) is 10.6. The summed E-state index contributed by atoms with van der Waals surface area (Å²) in [5.74, 6) is 0. The lowest BCUT2D eigenvalue weighted by atomic mass is 10.0. The van der Waals surface area contributed by atoms with Gasteiger partial charge in [0.2, 0.25) is 0 Å². The van der Waals surface area contributed by atoms with Gasteiger partial charge in [-0.2, -0.15) is 5.26 Å². The summed E-state index contributed by atoms with van der Waals surface area (Å²) in [6.07, 6.45) is 1.46. The van der Waals surface area contributed by atoms with Crippen molar-refractivity contribution in [1.29, 1.82) is 5.26 Å². The highest BCUT2D eigenvalue weighted by Crippen LogP contribution is 2.26. The number of benzene rings is 1. The van der Waals surface area contributed by atoms with Crippen LogP contribution in [0.4, 0.5) is 0 Å². The summed E-state index contributed by atoms with van der Waals surface area (Å²) in [6.45, 7) is 2.78. The van der Waals surface area contributed by atoms with Gasteiger partial charge in [0, 0.05) is 19.0 Å². The van der Waals surface area contributed by atoms with Crippen molar-refractivity contribution in [3.05, 3.63) is 33.8 Å². The third-order valence-electron chi connectivity index (χ3n) is 2.38. The molecule has 0 fully saturated rings. The van der Waals surface area contributed by atoms with Crippen LogP contribution in [0.15, 0.2) is 18.2 Å². The highest BCUT2D eigenvalue weighted by molar-refractivity contribution is 6.42. The summed E-state index contributed by atoms with van der Waals surface area (Å²) in [6, 6.07) is 7.97. The van der Waals surface area contributed by atoms with Crippen LogP contribution < -0.4 is 5.32 Å². The lowest BCUT2D eigenvalue weighted by Crippen LogP contribution is -2.21. The van der Waals surface area contributed by atoms with Gasteiger partial charge in [0.1, 0.15) is 0 Å². The number of nitrogens with one attached hydrogen (secondary N) is 1. The van der Waals surface area contributed by atoms with Gasteiger partial charge in [-0.05, 0) is 24.1 Å². The lowest BCUT2D eigenvalue weighted by molar-refractivity contribution is 0.527. The smallest absolute Gasteiger partial charge is 0.0635 e. The molecule has 0 aromatic heterocycles. The maximum absolute atomic E-state index is 8.47. The van der Waals surface area contributed by atoms with Crippen LogP contribution in [0.25, 0.3) is 0 Å². The fourth-order valence-corrected chi connectivity index (χ4v) is 1.84. The summed E-state index contributed by atoms with van der Waals surface area (Å²) in [7, 11) is 0. The van der Waals surface area contributed by atoms with E-state index in [1.165, 1.54) is 0 Å². The van der Waals surface area contributed by atoms with Crippen molar-refractivity contribution in [2.75, 3.05) is 6.54 Å². The molecule has 4 heteroatoms. The van der Waals surface area contributed by atoms with Crippen LogP contribution in [0.2, 0.25) is 10.0 Å². The third kappa shape index (κ3) is 3.68. The minimum atomic E-state index is 0.225. The average molecular weight is 257 g/mol. The maximum Gasteiger partial charge on any atom is 0.0635 e. The van der Waals surface area contributed by atoms with E-state index in [1.807, 2.05) is 12.1 Å². The van der Waals surface area contributed by atoms with E-state index < -0.39 is 0 Å². The molecule has 0 bridgehead atoms. The molecule has 2 nitrogen and oxygen atoms in total. The fourth-order valence-electron chi connectivity index (χ4n) is 1.53. The summed E-state index contributed by atoms with van der Waals surface area (Å²) in [5, 5.41) is 12.9. The second-order valence-corrected chi connectivity index (χ2v) is 4.31. The predicted octanol–water partition coefficient (Wildman–Crippen LogP) is 3.95. The van der Waals surface area contributed by atoms with Crippen LogP contribution in [-0.4, -0.2) is 6.54 Å². The van der Waals surface area contributed by atoms with Gasteiger partial charge in [0.05, 0.1) is 16.1 Å². The Hall–Kier alpha value is -0.750. The number of hydrogen-bond acceptors (Lipinski definition) is 2. The molecular formula is C12H14Cl2N2. The van der Waals surface area contributed by atoms with E-state index in [0.717, 1.165) is 12.0 Å². The van der Waals surface area contributed by atoms with Gasteiger partial charge in [0.15, 0.2) is 0 Å². The predicted molar refractivity (Wildman–Crippen MR) is 67.7 cm³/mol. The molecule has 0 amide bonds. The molecule has 16 heavy (non-hydrogen) atoms. The highest BCUT2D eigenvalue weighted by Gasteiger charge is 2.09. The molecule has 1 aromatic rings. The molecule has 0 aliphatic heterocycles. The van der Waals surface area contributed by atoms with Gasteiger partial charge in [-0.25, -0.2) is 0 Å². The second kappa shape index (κ2) is 6.75. The highest BCUT2D eigenvalue weighted by atomic mass is 35.5. The van der Waals surface area contributed by atoms with Crippen LogP contribution in [0.5, 0.6) is 0 Å². The molecule has 0 heterocycles. The summed E-state index contributed by atoms with van der Waals surface area (Å²) >= 11 is 11.8. The standard InChI is InChI=1S/C12H14Cl2N2/c1-2-12(16-7-3-6-15)9-4-5-10(13)11(14)8-9/h4-5,8,12,16H,2-3,7H2,1H3. The van der Waals surface area contributed by atoms with Crippen molar-refractivity contribution in [3.8, 4) is 6.07 Å². The van der Waals surface area contributed by atoms with Crippen LogP contribution in [0.3, 0.4) is 0 Å². The first kappa shape index (κ1) is 13.3. The van der Waals surface area contributed by atoms with E-state index in [4.69, 9.17) is 28.5 Å². The van der Waals surface area contributed by atoms with Crippen molar-refractivity contribution in [2.45, 2.75) is 25.8 Å². The third-order valence-corrected chi connectivity index (χ3v) is 3.12. The van der Waals surface area contributed by atoms with Crippen molar-refractivity contribution < 1.29 is 0 Å². The van der Waals surface area contributed by atoms with Crippen LogP contribution >= 0.6 is 23.2 Å². The number of nitriles is 1. The zero-order valence-electron chi connectivity index (χ0n) is 9.13. The van der Waals surface area contributed by atoms with Crippen LogP contribution in [0, 0.1) is 11.3 Å². The molecule has 0 spiro atoms. The molecule has 86 valence electrons. The largest absolute Gasteiger partial charge is 0.309 e. The van der Waals surface area contributed by atoms with Gasteiger partial charge >= 0.3 is 0 Å². The van der Waals surface area contributed by atoms with E-state index >= 15 is 0 Å². The summed E-state index contributed by atoms with van der Waals surface area (Å²) < 4.78 is 0. The molecule has 0 saturated heterocycles. The zero-order chi connectivity index (χ0) is 12.0. The minimum absolute atomic E-state index is 0.225. The first-order chi connectivity index (χ1) is 7.69. The molecule has 0 aliphatic carbocycles. The number of rotatable bonds is 5. The molecular weight excluding hydrogens is 243 g/mol. The van der Waals surface area contributed by atoms with E-state index in [-0.39, 0.29) is 6.04 Å². The Morgan fingerprint density at radius 2 is 2.12 bits per heavy atom. The van der Waals surface area contributed by atoms with Gasteiger partial charge in [-0.3, -0.25) is 0 Å². The number of hydrogen-bond donors (Lipinski definition) is 1. The Morgan fingerprint density at radius 3 is 2.69 bits per heavy atom. The number of halogens is 2. The fraction of sp³-hybridized carbons (Fsp3) is 0.417. The van der Waals surface area contributed by atoms with Crippen molar-refractivity contribution >= 4 is 23.2 Å². The normalized spacial score (nSPS) is 12.1. The van der Waals surface area contributed by atoms with Gasteiger partial charge < -0.3 is 5.32 Å². The van der Waals surface area contributed by atoms with E-state index in [9.17, 15) is 0 Å². The van der Waals surface area contributed by atoms with Crippen LogP contribution in [0.1, 0.15) is 31.4 Å². The van der Waals surface area contributed by atoms with E-state index in [1.54, 1.807) is 6.07 Å². The summed E-state index contributed by atoms with van der Waals surface area (Å²) in [4.78, 5) is 0. The molecule has 0 radical (unpaired) electrons. The topological polar surface area (TPSA) is 35.8 Å². The van der Waals surface area contributed by atoms with E-state index in [2.05, 4.69) is 18.3 Å². The first-order valence-corrected chi connectivity index (χ1v) is 6.00. The SMILES string of the molecule is CCC(NCCC#N)c1ccc(Cl)c(Cl)c1. The van der Waals surface area contributed by atoms with Gasteiger partial charge in [-0.15, -0.1) is 0 Å². The van der Waals surface area contributed by atoms with Gasteiger partial charge in [-0.1, -0.05) is 36.2 Å². The van der Waals surface area contributed by atoms with Gasteiger partial charge in [0.25, 0.3) is 0 Å². The molecule has 0 saturated carbocycles. The Balaban J connectivity index is 2.71. The van der Waals surface area contributed by atoms with Crippen LogP contribution in [-0.2, 0) is 0 Å². The Labute approximate surface area is 106 Å². The molecule has 1 rings (SSSR count). The monoisotopic (exact) mass is 256 g/mol. The van der Waals surface area contributed by atoms with E-state index in [0.29, 0.717) is 23.0 Å². The molecule has 0 aliphatic rings.